The quantitative estimate of drug-likeness (QED) is 0.663. The number of carbonyl (C=O) groups excluding carboxylic acids is 1. The summed E-state index contributed by atoms with van der Waals surface area (Å²) < 4.78 is 0. The molecule has 138 valence electrons. The van der Waals surface area contributed by atoms with Crippen molar-refractivity contribution < 1.29 is 25.2 Å². The highest BCUT2D eigenvalue weighted by molar-refractivity contribution is 5.79. The van der Waals surface area contributed by atoms with Crippen LogP contribution in [0.1, 0.15) is 47.9 Å². The highest BCUT2D eigenvalue weighted by Crippen LogP contribution is 2.40. The topological polar surface area (TPSA) is 98.0 Å². The molecule has 4 bridgehead atoms. The molecule has 0 aliphatic heterocycles. The van der Waals surface area contributed by atoms with Crippen molar-refractivity contribution in [3.8, 4) is 22.6 Å². The fourth-order valence-electron chi connectivity index (χ4n) is 3.61. The van der Waals surface area contributed by atoms with Crippen LogP contribution in [-0.4, -0.2) is 26.2 Å². The summed E-state index contributed by atoms with van der Waals surface area (Å²) >= 11 is 0. The first-order valence-corrected chi connectivity index (χ1v) is 8.97. The highest BCUT2D eigenvalue weighted by atomic mass is 16.3. The number of aliphatic hydroxyl groups excluding tert-OH is 2. The molecule has 0 spiro atoms. The van der Waals surface area contributed by atoms with Crippen LogP contribution >= 0.6 is 0 Å². The maximum Gasteiger partial charge on any atom is 0.133 e. The fourth-order valence-corrected chi connectivity index (χ4v) is 3.61. The van der Waals surface area contributed by atoms with E-state index >= 15 is 0 Å². The zero-order valence-corrected chi connectivity index (χ0v) is 14.7. The van der Waals surface area contributed by atoms with Gasteiger partial charge in [0, 0.05) is 24.0 Å². The summed E-state index contributed by atoms with van der Waals surface area (Å²) in [7, 11) is 0. The predicted molar refractivity (Wildman–Crippen MR) is 97.9 cm³/mol. The van der Waals surface area contributed by atoms with Gasteiger partial charge in [0.2, 0.25) is 0 Å². The lowest BCUT2D eigenvalue weighted by molar-refractivity contribution is -0.119. The molecule has 0 unspecified atom stereocenters. The molecular formula is C21H24O5. The Morgan fingerprint density at radius 2 is 1.54 bits per heavy atom. The second-order valence-corrected chi connectivity index (χ2v) is 6.80. The molecule has 0 saturated heterocycles. The molecule has 2 aromatic carbocycles. The maximum atomic E-state index is 12.0. The van der Waals surface area contributed by atoms with Gasteiger partial charge in [-0.25, -0.2) is 0 Å². The lowest BCUT2D eigenvalue weighted by atomic mass is 9.89. The van der Waals surface area contributed by atoms with Gasteiger partial charge < -0.3 is 20.4 Å². The number of benzene rings is 2. The van der Waals surface area contributed by atoms with E-state index in [1.807, 2.05) is 6.07 Å². The normalized spacial score (nSPS) is 15.1. The average molecular weight is 356 g/mol. The highest BCUT2D eigenvalue weighted by Gasteiger charge is 2.20. The number of aliphatic hydroxyl groups is 2. The Labute approximate surface area is 152 Å². The average Bonchev–Trinajstić information content (AvgIpc) is 2.65. The van der Waals surface area contributed by atoms with Crippen LogP contribution in [0.5, 0.6) is 11.5 Å². The van der Waals surface area contributed by atoms with Gasteiger partial charge in [-0.05, 0) is 66.1 Å². The second-order valence-electron chi connectivity index (χ2n) is 6.80. The molecule has 0 atom stereocenters. The van der Waals surface area contributed by atoms with Crippen LogP contribution in [0.15, 0.2) is 24.3 Å². The van der Waals surface area contributed by atoms with E-state index in [0.29, 0.717) is 47.9 Å². The Morgan fingerprint density at radius 1 is 0.808 bits per heavy atom. The van der Waals surface area contributed by atoms with Crippen molar-refractivity contribution in [3.63, 3.8) is 0 Å². The zero-order chi connectivity index (χ0) is 18.7. The number of aromatic hydroxyl groups is 2. The third kappa shape index (κ3) is 3.59. The van der Waals surface area contributed by atoms with Gasteiger partial charge >= 0.3 is 0 Å². The minimum Gasteiger partial charge on any atom is -0.507 e. The fraction of sp³-hybridized carbons (Fsp3) is 0.381. The summed E-state index contributed by atoms with van der Waals surface area (Å²) in [6, 6.07) is 6.97. The molecule has 3 rings (SSSR count). The van der Waals surface area contributed by atoms with Crippen molar-refractivity contribution in [2.45, 2.75) is 51.7 Å². The van der Waals surface area contributed by atoms with E-state index in [9.17, 15) is 25.2 Å². The number of rotatable bonds is 2. The largest absolute Gasteiger partial charge is 0.507 e. The zero-order valence-electron chi connectivity index (χ0n) is 14.7. The SMILES string of the molecule is O=C1CCCCc2cc(c(CO)c(CO)c2O)-c2cc(ccc2O)CC1. The molecule has 0 radical (unpaired) electrons. The molecule has 5 heteroatoms. The van der Waals surface area contributed by atoms with Gasteiger partial charge in [-0.2, -0.15) is 0 Å². The van der Waals surface area contributed by atoms with Crippen LogP contribution in [0.3, 0.4) is 0 Å². The van der Waals surface area contributed by atoms with Crippen molar-refractivity contribution in [2.75, 3.05) is 0 Å². The first kappa shape index (κ1) is 18.4. The first-order chi connectivity index (χ1) is 12.5. The Hall–Kier alpha value is -2.37. The summed E-state index contributed by atoms with van der Waals surface area (Å²) in [4.78, 5) is 12.0. The van der Waals surface area contributed by atoms with Crippen molar-refractivity contribution in [1.82, 2.24) is 0 Å². The van der Waals surface area contributed by atoms with Crippen LogP contribution in [0, 0.1) is 0 Å². The lowest BCUT2D eigenvalue weighted by Crippen LogP contribution is -2.02. The molecule has 5 nitrogen and oxygen atoms in total. The number of hydrogen-bond acceptors (Lipinski definition) is 5. The maximum absolute atomic E-state index is 12.0. The van der Waals surface area contributed by atoms with Crippen LogP contribution < -0.4 is 0 Å². The molecule has 26 heavy (non-hydrogen) atoms. The first-order valence-electron chi connectivity index (χ1n) is 8.97. The smallest absolute Gasteiger partial charge is 0.133 e. The monoisotopic (exact) mass is 356 g/mol. The number of aryl methyl sites for hydroxylation is 2. The van der Waals surface area contributed by atoms with E-state index in [0.717, 1.165) is 18.4 Å². The van der Waals surface area contributed by atoms with Gasteiger partial charge in [-0.15, -0.1) is 0 Å². The number of hydrogen-bond donors (Lipinski definition) is 4. The second kappa shape index (κ2) is 7.89. The Bertz CT molecular complexity index is 826. The van der Waals surface area contributed by atoms with E-state index in [-0.39, 0.29) is 29.5 Å². The molecule has 0 fully saturated rings. The third-order valence-electron chi connectivity index (χ3n) is 5.11. The molecule has 1 aliphatic rings. The van der Waals surface area contributed by atoms with Crippen LogP contribution in [0.25, 0.3) is 11.1 Å². The van der Waals surface area contributed by atoms with Gasteiger partial charge in [0.15, 0.2) is 0 Å². The number of phenols is 2. The molecule has 4 N–H and O–H groups in total. The lowest BCUT2D eigenvalue weighted by Gasteiger charge is -2.18. The summed E-state index contributed by atoms with van der Waals surface area (Å²) in [6.45, 7) is -0.761. The summed E-state index contributed by atoms with van der Waals surface area (Å²) in [5, 5.41) is 40.5. The summed E-state index contributed by atoms with van der Waals surface area (Å²) in [6.07, 6.45) is 3.61. The minimum atomic E-state index is -0.401. The Morgan fingerprint density at radius 3 is 2.27 bits per heavy atom. The van der Waals surface area contributed by atoms with Crippen molar-refractivity contribution in [2.24, 2.45) is 0 Å². The van der Waals surface area contributed by atoms with E-state index in [2.05, 4.69) is 0 Å². The number of carbonyl (C=O) groups is 1. The minimum absolute atomic E-state index is 0.0165. The molecule has 2 aromatic rings. The molecule has 0 saturated carbocycles. The van der Waals surface area contributed by atoms with E-state index in [1.54, 1.807) is 18.2 Å². The molecule has 1 aliphatic carbocycles. The number of ketones is 1. The number of Topliss-reactive ketones (excluding diaryl/α,β-unsaturated/α-hetero) is 1. The van der Waals surface area contributed by atoms with Gasteiger partial charge in [0.25, 0.3) is 0 Å². The summed E-state index contributed by atoms with van der Waals surface area (Å²) in [5.74, 6) is 0.254. The van der Waals surface area contributed by atoms with Crippen molar-refractivity contribution in [1.29, 1.82) is 0 Å². The molecular weight excluding hydrogens is 332 g/mol. The van der Waals surface area contributed by atoms with Gasteiger partial charge in [0.05, 0.1) is 13.2 Å². The standard InChI is InChI=1S/C21H24O5/c22-11-18-16-10-14(21(26)19(18)12-23)3-1-2-4-15(24)7-5-13-6-8-20(25)17(16)9-13/h6,8-10,22-23,25-26H,1-5,7,11-12H2. The van der Waals surface area contributed by atoms with Gasteiger partial charge in [0.1, 0.15) is 17.3 Å². The van der Waals surface area contributed by atoms with E-state index in [1.165, 1.54) is 0 Å². The molecule has 0 amide bonds. The van der Waals surface area contributed by atoms with Gasteiger partial charge in [-0.3, -0.25) is 4.79 Å². The third-order valence-corrected chi connectivity index (χ3v) is 5.11. The van der Waals surface area contributed by atoms with Gasteiger partial charge in [-0.1, -0.05) is 6.07 Å². The Kier molecular flexibility index (Phi) is 5.59. The van der Waals surface area contributed by atoms with E-state index in [4.69, 9.17) is 0 Å². The molecule has 0 aromatic heterocycles. The van der Waals surface area contributed by atoms with Crippen LogP contribution in [0.4, 0.5) is 0 Å². The predicted octanol–water partition coefficient (Wildman–Crippen LogP) is 2.98. The van der Waals surface area contributed by atoms with Crippen molar-refractivity contribution in [3.05, 3.63) is 46.5 Å². The number of phenolic OH excluding ortho intramolecular Hbond substituents is 1. The van der Waals surface area contributed by atoms with Crippen LogP contribution in [0.2, 0.25) is 0 Å². The Balaban J connectivity index is 2.23. The summed E-state index contributed by atoms with van der Waals surface area (Å²) in [5.41, 5.74) is 3.42. The van der Waals surface area contributed by atoms with Crippen molar-refractivity contribution >= 4 is 5.78 Å². The number of fused-ring (bicyclic) bond motifs is 5. The van der Waals surface area contributed by atoms with Crippen LogP contribution in [-0.2, 0) is 30.8 Å². The van der Waals surface area contributed by atoms with E-state index < -0.39 is 6.61 Å². The molecule has 0 heterocycles.